The van der Waals surface area contributed by atoms with Gasteiger partial charge in [-0.05, 0) is 24.0 Å². The second-order valence-corrected chi connectivity index (χ2v) is 6.43. The van der Waals surface area contributed by atoms with E-state index in [1.165, 1.54) is 0 Å². The summed E-state index contributed by atoms with van der Waals surface area (Å²) in [5.74, 6) is 2.16. The molecule has 0 spiro atoms. The number of hydrogen-bond acceptors (Lipinski definition) is 6. The van der Waals surface area contributed by atoms with Crippen LogP contribution in [0.25, 0.3) is 0 Å². The number of hydrogen-bond donors (Lipinski definition) is 0. The lowest BCUT2D eigenvalue weighted by Gasteiger charge is -2.33. The van der Waals surface area contributed by atoms with Crippen LogP contribution in [0.2, 0.25) is 0 Å². The van der Waals surface area contributed by atoms with Crippen LogP contribution < -0.4 is 4.74 Å². The Labute approximate surface area is 145 Å². The highest BCUT2D eigenvalue weighted by atomic mass is 16.5. The standard InChI is InChI=1S/C18H21N3O4/c1-12-19-20-18(25-12)16-11-21(7-9-24-16)17(22)10-13-6-8-23-15-5-3-2-4-14(13)15/h2-5,13,16H,6-11H2,1H3/t13-,16+/m1/s1. The van der Waals surface area contributed by atoms with Crippen molar-refractivity contribution in [3.63, 3.8) is 0 Å². The van der Waals surface area contributed by atoms with Gasteiger partial charge in [0.15, 0.2) is 6.10 Å². The van der Waals surface area contributed by atoms with E-state index in [1.54, 1.807) is 6.92 Å². The number of carbonyl (C=O) groups excluding carboxylic acids is 1. The molecule has 0 saturated carbocycles. The Morgan fingerprint density at radius 1 is 1.28 bits per heavy atom. The largest absolute Gasteiger partial charge is 0.493 e. The maximum Gasteiger partial charge on any atom is 0.246 e. The highest BCUT2D eigenvalue weighted by Crippen LogP contribution is 2.36. The molecule has 0 aliphatic carbocycles. The molecule has 0 bridgehead atoms. The van der Waals surface area contributed by atoms with Crippen molar-refractivity contribution in [3.05, 3.63) is 41.6 Å². The monoisotopic (exact) mass is 343 g/mol. The lowest BCUT2D eigenvalue weighted by atomic mass is 9.90. The van der Waals surface area contributed by atoms with Crippen molar-refractivity contribution in [1.29, 1.82) is 0 Å². The van der Waals surface area contributed by atoms with E-state index in [0.29, 0.717) is 44.5 Å². The number of benzene rings is 1. The van der Waals surface area contributed by atoms with Gasteiger partial charge in [-0.3, -0.25) is 4.79 Å². The minimum Gasteiger partial charge on any atom is -0.493 e. The molecule has 7 nitrogen and oxygen atoms in total. The molecule has 25 heavy (non-hydrogen) atoms. The number of amides is 1. The number of carbonyl (C=O) groups is 1. The van der Waals surface area contributed by atoms with E-state index in [2.05, 4.69) is 16.3 Å². The van der Waals surface area contributed by atoms with Gasteiger partial charge < -0.3 is 18.8 Å². The van der Waals surface area contributed by atoms with Crippen LogP contribution in [-0.2, 0) is 9.53 Å². The first kappa shape index (κ1) is 16.1. The number of nitrogens with zero attached hydrogens (tertiary/aromatic N) is 3. The van der Waals surface area contributed by atoms with E-state index >= 15 is 0 Å². The second kappa shape index (κ2) is 6.84. The maximum absolute atomic E-state index is 12.8. The summed E-state index contributed by atoms with van der Waals surface area (Å²) in [5.41, 5.74) is 1.12. The molecule has 1 amide bonds. The van der Waals surface area contributed by atoms with Gasteiger partial charge in [0.1, 0.15) is 5.75 Å². The number of morpholine rings is 1. The number of ether oxygens (including phenoxy) is 2. The molecule has 1 saturated heterocycles. The topological polar surface area (TPSA) is 77.7 Å². The number of rotatable bonds is 3. The van der Waals surface area contributed by atoms with Gasteiger partial charge in [0.2, 0.25) is 17.7 Å². The highest BCUT2D eigenvalue weighted by molar-refractivity contribution is 5.77. The molecule has 132 valence electrons. The van der Waals surface area contributed by atoms with E-state index in [4.69, 9.17) is 13.9 Å². The number of fused-ring (bicyclic) bond motifs is 1. The van der Waals surface area contributed by atoms with Crippen molar-refractivity contribution in [1.82, 2.24) is 15.1 Å². The molecule has 1 aromatic heterocycles. The molecule has 0 unspecified atom stereocenters. The van der Waals surface area contributed by atoms with Gasteiger partial charge in [-0.15, -0.1) is 10.2 Å². The van der Waals surface area contributed by atoms with Crippen molar-refractivity contribution in [3.8, 4) is 5.75 Å². The van der Waals surface area contributed by atoms with Gasteiger partial charge in [-0.2, -0.15) is 0 Å². The fraction of sp³-hybridized carbons (Fsp3) is 0.500. The Hall–Kier alpha value is -2.41. The minimum absolute atomic E-state index is 0.131. The van der Waals surface area contributed by atoms with Crippen molar-refractivity contribution in [2.45, 2.75) is 31.8 Å². The molecule has 4 rings (SSSR count). The summed E-state index contributed by atoms with van der Waals surface area (Å²) in [5, 5.41) is 7.85. The molecule has 2 aliphatic heterocycles. The Bertz CT molecular complexity index is 760. The first-order chi connectivity index (χ1) is 12.2. The third-order valence-corrected chi connectivity index (χ3v) is 4.74. The molecule has 7 heteroatoms. The lowest BCUT2D eigenvalue weighted by Crippen LogP contribution is -2.43. The van der Waals surface area contributed by atoms with Crippen molar-refractivity contribution in [2.24, 2.45) is 0 Å². The summed E-state index contributed by atoms with van der Waals surface area (Å²) in [6.07, 6.45) is 0.996. The maximum atomic E-state index is 12.8. The third-order valence-electron chi connectivity index (χ3n) is 4.74. The summed E-state index contributed by atoms with van der Waals surface area (Å²) < 4.78 is 16.8. The van der Waals surface area contributed by atoms with Gasteiger partial charge in [0.05, 0.1) is 19.8 Å². The predicted molar refractivity (Wildman–Crippen MR) is 88.2 cm³/mol. The molecule has 0 radical (unpaired) electrons. The van der Waals surface area contributed by atoms with E-state index in [9.17, 15) is 4.79 Å². The average Bonchev–Trinajstić information content (AvgIpc) is 3.09. The first-order valence-electron chi connectivity index (χ1n) is 8.62. The third kappa shape index (κ3) is 3.37. The summed E-state index contributed by atoms with van der Waals surface area (Å²) in [4.78, 5) is 14.7. The molecular formula is C18H21N3O4. The van der Waals surface area contributed by atoms with Crippen LogP contribution in [-0.4, -0.2) is 47.3 Å². The highest BCUT2D eigenvalue weighted by Gasteiger charge is 2.31. The number of aryl methyl sites for hydroxylation is 1. The summed E-state index contributed by atoms with van der Waals surface area (Å²) in [7, 11) is 0. The normalized spacial score (nSPS) is 23.0. The van der Waals surface area contributed by atoms with Crippen LogP contribution in [0.4, 0.5) is 0 Å². The van der Waals surface area contributed by atoms with Crippen LogP contribution in [0.15, 0.2) is 28.7 Å². The van der Waals surface area contributed by atoms with Crippen LogP contribution in [0.1, 0.15) is 42.2 Å². The van der Waals surface area contributed by atoms with Crippen LogP contribution >= 0.6 is 0 Å². The van der Waals surface area contributed by atoms with Gasteiger partial charge >= 0.3 is 0 Å². The molecular weight excluding hydrogens is 322 g/mol. The molecule has 1 aromatic carbocycles. The van der Waals surface area contributed by atoms with Crippen molar-refractivity contribution >= 4 is 5.91 Å². The molecule has 1 fully saturated rings. The zero-order valence-electron chi connectivity index (χ0n) is 14.2. The number of aromatic nitrogens is 2. The Morgan fingerprint density at radius 3 is 3.00 bits per heavy atom. The Balaban J connectivity index is 1.43. The van der Waals surface area contributed by atoms with E-state index < -0.39 is 0 Å². The average molecular weight is 343 g/mol. The zero-order valence-corrected chi connectivity index (χ0v) is 14.2. The van der Waals surface area contributed by atoms with Crippen molar-refractivity contribution < 1.29 is 18.7 Å². The van der Waals surface area contributed by atoms with E-state index in [-0.39, 0.29) is 17.9 Å². The molecule has 3 heterocycles. The lowest BCUT2D eigenvalue weighted by molar-refractivity contribution is -0.140. The minimum atomic E-state index is -0.346. The second-order valence-electron chi connectivity index (χ2n) is 6.43. The van der Waals surface area contributed by atoms with Gasteiger partial charge in [-0.25, -0.2) is 0 Å². The fourth-order valence-electron chi connectivity index (χ4n) is 3.43. The SMILES string of the molecule is Cc1nnc([C@@H]2CN(C(=O)C[C@H]3CCOc4ccccc43)CCO2)o1. The van der Waals surface area contributed by atoms with Crippen molar-refractivity contribution in [2.75, 3.05) is 26.3 Å². The summed E-state index contributed by atoms with van der Waals surface area (Å²) in [6.45, 7) is 3.91. The molecule has 0 N–H and O–H groups in total. The quantitative estimate of drug-likeness (QED) is 0.850. The summed E-state index contributed by atoms with van der Waals surface area (Å²) in [6, 6.07) is 7.97. The van der Waals surface area contributed by atoms with Gasteiger partial charge in [0.25, 0.3) is 0 Å². The van der Waals surface area contributed by atoms with Crippen LogP contribution in [0.5, 0.6) is 5.75 Å². The summed E-state index contributed by atoms with van der Waals surface area (Å²) >= 11 is 0. The number of para-hydroxylation sites is 1. The predicted octanol–water partition coefficient (Wildman–Crippen LogP) is 2.23. The first-order valence-corrected chi connectivity index (χ1v) is 8.62. The van der Waals surface area contributed by atoms with Crippen LogP contribution in [0, 0.1) is 6.92 Å². The Morgan fingerprint density at radius 2 is 2.16 bits per heavy atom. The Kier molecular flexibility index (Phi) is 4.40. The smallest absolute Gasteiger partial charge is 0.246 e. The molecule has 2 atom stereocenters. The van der Waals surface area contributed by atoms with Crippen LogP contribution in [0.3, 0.4) is 0 Å². The fourth-order valence-corrected chi connectivity index (χ4v) is 3.43. The van der Waals surface area contributed by atoms with Gasteiger partial charge in [0, 0.05) is 19.9 Å². The van der Waals surface area contributed by atoms with E-state index in [0.717, 1.165) is 17.7 Å². The molecule has 2 aliphatic rings. The van der Waals surface area contributed by atoms with Gasteiger partial charge in [-0.1, -0.05) is 18.2 Å². The molecule has 2 aromatic rings. The van der Waals surface area contributed by atoms with E-state index in [1.807, 2.05) is 23.1 Å². The zero-order chi connectivity index (χ0) is 17.2.